The largest absolute Gasteiger partial charge is 0.365 e. The number of hydrogen-bond donors (Lipinski definition) is 2. The van der Waals surface area contributed by atoms with Crippen molar-refractivity contribution in [2.24, 2.45) is 11.7 Å². The molecule has 0 aromatic carbocycles. The van der Waals surface area contributed by atoms with Gasteiger partial charge in [-0.25, -0.2) is 9.50 Å². The molecule has 0 spiro atoms. The molecule has 1 fully saturated rings. The molecule has 19 heavy (non-hydrogen) atoms. The van der Waals surface area contributed by atoms with Gasteiger partial charge in [0.05, 0.1) is 6.20 Å². The van der Waals surface area contributed by atoms with Crippen molar-refractivity contribution in [2.75, 3.05) is 6.54 Å². The zero-order valence-corrected chi connectivity index (χ0v) is 10.2. The van der Waals surface area contributed by atoms with Crippen molar-refractivity contribution < 1.29 is 9.59 Å². The van der Waals surface area contributed by atoms with E-state index in [2.05, 4.69) is 15.4 Å². The molecule has 3 rings (SSSR count). The third-order valence-electron chi connectivity index (χ3n) is 3.15. The number of aromatic nitrogens is 3. The van der Waals surface area contributed by atoms with E-state index in [1.807, 2.05) is 0 Å². The number of amides is 2. The van der Waals surface area contributed by atoms with Gasteiger partial charge in [-0.1, -0.05) is 0 Å². The SMILES string of the molecule is NC(=O)c1cnn2c(C(=O)NCC3CC3)ccnc12. The van der Waals surface area contributed by atoms with Crippen LogP contribution < -0.4 is 11.1 Å². The molecule has 98 valence electrons. The fourth-order valence-corrected chi connectivity index (χ4v) is 1.89. The summed E-state index contributed by atoms with van der Waals surface area (Å²) in [4.78, 5) is 27.3. The van der Waals surface area contributed by atoms with Gasteiger partial charge in [-0.15, -0.1) is 0 Å². The number of carbonyl (C=O) groups excluding carboxylic acids is 2. The first-order valence-corrected chi connectivity index (χ1v) is 6.07. The minimum atomic E-state index is -0.613. The molecule has 2 amide bonds. The Bertz CT molecular complexity index is 659. The summed E-state index contributed by atoms with van der Waals surface area (Å²) in [5.41, 5.74) is 6.07. The molecular weight excluding hydrogens is 246 g/mol. The monoisotopic (exact) mass is 259 g/mol. The smallest absolute Gasteiger partial charge is 0.270 e. The zero-order chi connectivity index (χ0) is 13.4. The maximum absolute atomic E-state index is 12.1. The quantitative estimate of drug-likeness (QED) is 0.804. The van der Waals surface area contributed by atoms with Crippen LogP contribution in [-0.4, -0.2) is 33.0 Å². The van der Waals surface area contributed by atoms with Gasteiger partial charge in [0.25, 0.3) is 11.8 Å². The van der Waals surface area contributed by atoms with Crippen molar-refractivity contribution in [3.05, 3.63) is 29.7 Å². The number of nitrogens with two attached hydrogens (primary N) is 1. The lowest BCUT2D eigenvalue weighted by atomic mass is 10.3. The Morgan fingerprint density at radius 1 is 1.47 bits per heavy atom. The number of hydrogen-bond acceptors (Lipinski definition) is 4. The molecule has 0 bridgehead atoms. The Morgan fingerprint density at radius 3 is 2.95 bits per heavy atom. The second-order valence-corrected chi connectivity index (χ2v) is 4.64. The van der Waals surface area contributed by atoms with Crippen molar-refractivity contribution in [1.82, 2.24) is 19.9 Å². The van der Waals surface area contributed by atoms with Crippen LogP contribution in [0.1, 0.15) is 33.7 Å². The standard InChI is InChI=1S/C12H13N5O2/c13-10(18)8-6-16-17-9(3-4-14-11(8)17)12(19)15-5-7-1-2-7/h3-4,6-7H,1-2,5H2,(H2,13,18)(H,15,19). The minimum Gasteiger partial charge on any atom is -0.365 e. The Labute approximate surface area is 108 Å². The highest BCUT2D eigenvalue weighted by Crippen LogP contribution is 2.27. The molecule has 1 aliphatic carbocycles. The summed E-state index contributed by atoms with van der Waals surface area (Å²) in [7, 11) is 0. The highest BCUT2D eigenvalue weighted by Gasteiger charge is 2.23. The van der Waals surface area contributed by atoms with Crippen molar-refractivity contribution in [3.63, 3.8) is 0 Å². The molecule has 7 heteroatoms. The van der Waals surface area contributed by atoms with E-state index in [0.717, 1.165) is 0 Å². The molecular formula is C12H13N5O2. The van der Waals surface area contributed by atoms with Crippen LogP contribution in [-0.2, 0) is 0 Å². The molecule has 2 heterocycles. The first-order chi connectivity index (χ1) is 9.16. The first-order valence-electron chi connectivity index (χ1n) is 6.07. The zero-order valence-electron chi connectivity index (χ0n) is 10.2. The summed E-state index contributed by atoms with van der Waals surface area (Å²) in [6, 6.07) is 1.56. The predicted octanol–water partition coefficient (Wildman–Crippen LogP) is -0.0320. The fourth-order valence-electron chi connectivity index (χ4n) is 1.89. The lowest BCUT2D eigenvalue weighted by Crippen LogP contribution is -2.27. The van der Waals surface area contributed by atoms with E-state index in [9.17, 15) is 9.59 Å². The number of rotatable bonds is 4. The van der Waals surface area contributed by atoms with Crippen LogP contribution in [0.2, 0.25) is 0 Å². The maximum Gasteiger partial charge on any atom is 0.270 e. The van der Waals surface area contributed by atoms with E-state index in [1.165, 1.54) is 29.8 Å². The van der Waals surface area contributed by atoms with E-state index < -0.39 is 5.91 Å². The van der Waals surface area contributed by atoms with Gasteiger partial charge in [-0.3, -0.25) is 9.59 Å². The predicted molar refractivity (Wildman–Crippen MR) is 66.6 cm³/mol. The van der Waals surface area contributed by atoms with Crippen LogP contribution in [0.5, 0.6) is 0 Å². The number of primary amides is 1. The number of carbonyl (C=O) groups is 2. The molecule has 2 aromatic rings. The Hall–Kier alpha value is -2.44. The summed E-state index contributed by atoms with van der Waals surface area (Å²) >= 11 is 0. The van der Waals surface area contributed by atoms with Crippen molar-refractivity contribution in [1.29, 1.82) is 0 Å². The third-order valence-corrected chi connectivity index (χ3v) is 3.15. The third kappa shape index (κ3) is 2.14. The lowest BCUT2D eigenvalue weighted by Gasteiger charge is -2.05. The molecule has 7 nitrogen and oxygen atoms in total. The fraction of sp³-hybridized carbons (Fsp3) is 0.333. The van der Waals surface area contributed by atoms with Crippen LogP contribution in [0.4, 0.5) is 0 Å². The van der Waals surface area contributed by atoms with Crippen LogP contribution >= 0.6 is 0 Å². The van der Waals surface area contributed by atoms with E-state index in [-0.39, 0.29) is 11.5 Å². The van der Waals surface area contributed by atoms with Gasteiger partial charge in [0, 0.05) is 12.7 Å². The molecule has 3 N–H and O–H groups in total. The summed E-state index contributed by atoms with van der Waals surface area (Å²) in [6.07, 6.45) is 5.12. The molecule has 0 saturated heterocycles. The molecule has 0 unspecified atom stereocenters. The van der Waals surface area contributed by atoms with E-state index in [4.69, 9.17) is 5.73 Å². The van der Waals surface area contributed by atoms with Crippen LogP contribution in [0.15, 0.2) is 18.5 Å². The molecule has 1 saturated carbocycles. The van der Waals surface area contributed by atoms with Gasteiger partial charge in [0.15, 0.2) is 5.65 Å². The van der Waals surface area contributed by atoms with E-state index in [0.29, 0.717) is 23.8 Å². The Morgan fingerprint density at radius 2 is 2.26 bits per heavy atom. The molecule has 0 radical (unpaired) electrons. The molecule has 1 aliphatic rings. The summed E-state index contributed by atoms with van der Waals surface area (Å²) in [6.45, 7) is 0.673. The summed E-state index contributed by atoms with van der Waals surface area (Å²) in [5, 5.41) is 6.84. The van der Waals surface area contributed by atoms with Crippen molar-refractivity contribution >= 4 is 17.5 Å². The van der Waals surface area contributed by atoms with Gasteiger partial charge in [0.2, 0.25) is 0 Å². The van der Waals surface area contributed by atoms with Crippen LogP contribution in [0.3, 0.4) is 0 Å². The van der Waals surface area contributed by atoms with Gasteiger partial charge >= 0.3 is 0 Å². The lowest BCUT2D eigenvalue weighted by molar-refractivity contribution is 0.0942. The first kappa shape index (κ1) is 11.6. The van der Waals surface area contributed by atoms with Crippen LogP contribution in [0.25, 0.3) is 5.65 Å². The van der Waals surface area contributed by atoms with Crippen molar-refractivity contribution in [3.8, 4) is 0 Å². The van der Waals surface area contributed by atoms with E-state index >= 15 is 0 Å². The summed E-state index contributed by atoms with van der Waals surface area (Å²) in [5.74, 6) is -0.239. The normalized spacial score (nSPS) is 14.5. The average Bonchev–Trinajstić information content (AvgIpc) is 3.12. The number of nitrogens with zero attached hydrogens (tertiary/aromatic N) is 3. The van der Waals surface area contributed by atoms with Gasteiger partial charge in [-0.05, 0) is 24.8 Å². The second-order valence-electron chi connectivity index (χ2n) is 4.64. The minimum absolute atomic E-state index is 0.205. The van der Waals surface area contributed by atoms with Crippen LogP contribution in [0, 0.1) is 5.92 Å². The second kappa shape index (κ2) is 4.34. The number of nitrogens with one attached hydrogen (secondary N) is 1. The Balaban J connectivity index is 1.94. The van der Waals surface area contributed by atoms with Gasteiger partial charge in [-0.2, -0.15) is 5.10 Å². The van der Waals surface area contributed by atoms with Crippen molar-refractivity contribution in [2.45, 2.75) is 12.8 Å². The maximum atomic E-state index is 12.1. The molecule has 2 aromatic heterocycles. The van der Waals surface area contributed by atoms with Gasteiger partial charge in [0.1, 0.15) is 11.3 Å². The number of fused-ring (bicyclic) bond motifs is 1. The highest BCUT2D eigenvalue weighted by atomic mass is 16.2. The highest BCUT2D eigenvalue weighted by molar-refractivity contribution is 5.99. The van der Waals surface area contributed by atoms with Gasteiger partial charge < -0.3 is 11.1 Å². The Kier molecular flexibility index (Phi) is 2.66. The molecule has 0 atom stereocenters. The average molecular weight is 259 g/mol. The topological polar surface area (TPSA) is 102 Å². The molecule has 0 aliphatic heterocycles. The van der Waals surface area contributed by atoms with E-state index in [1.54, 1.807) is 6.07 Å². The summed E-state index contributed by atoms with van der Waals surface area (Å²) < 4.78 is 1.34.